The second kappa shape index (κ2) is 8.00. The minimum atomic E-state index is -0.540. The van der Waals surface area contributed by atoms with E-state index in [1.54, 1.807) is 30.4 Å². The SMILES string of the molecule is Cc1cc(-n2c(C)cc(C(=O)COC(=O)c3sc(-c4cccs4)nc3C)c2C)no1. The number of ether oxygens (including phenoxy) is 1. The lowest BCUT2D eigenvalue weighted by Gasteiger charge is -2.06. The molecule has 0 saturated heterocycles. The van der Waals surface area contributed by atoms with Gasteiger partial charge < -0.3 is 9.26 Å². The van der Waals surface area contributed by atoms with E-state index in [-0.39, 0.29) is 12.4 Å². The number of aromatic nitrogens is 3. The fourth-order valence-electron chi connectivity index (χ4n) is 3.22. The van der Waals surface area contributed by atoms with Crippen LogP contribution in [0.15, 0.2) is 34.2 Å². The first-order valence-corrected chi connectivity index (χ1v) is 10.9. The number of aryl methyl sites for hydroxylation is 3. The summed E-state index contributed by atoms with van der Waals surface area (Å²) in [6.45, 7) is 6.94. The lowest BCUT2D eigenvalue weighted by atomic mass is 10.1. The van der Waals surface area contributed by atoms with Gasteiger partial charge in [0, 0.05) is 23.0 Å². The second-order valence-corrected chi connectivity index (χ2v) is 8.77. The predicted octanol–water partition coefficient (Wildman–Crippen LogP) is 4.92. The number of hydrogen-bond acceptors (Lipinski definition) is 8. The first kappa shape index (κ1) is 20.2. The predicted molar refractivity (Wildman–Crippen MR) is 115 cm³/mol. The van der Waals surface area contributed by atoms with E-state index in [9.17, 15) is 9.59 Å². The van der Waals surface area contributed by atoms with E-state index < -0.39 is 5.97 Å². The number of nitrogens with zero attached hydrogens (tertiary/aromatic N) is 3. The summed E-state index contributed by atoms with van der Waals surface area (Å²) in [4.78, 5) is 31.1. The first-order valence-electron chi connectivity index (χ1n) is 9.19. The number of esters is 1. The highest BCUT2D eigenvalue weighted by Gasteiger charge is 2.22. The highest BCUT2D eigenvalue weighted by molar-refractivity contribution is 7.22. The van der Waals surface area contributed by atoms with E-state index in [0.29, 0.717) is 27.7 Å². The van der Waals surface area contributed by atoms with Gasteiger partial charge in [-0.15, -0.1) is 22.7 Å². The van der Waals surface area contributed by atoms with Crippen LogP contribution in [0.3, 0.4) is 0 Å². The molecule has 0 N–H and O–H groups in total. The zero-order chi connectivity index (χ0) is 21.4. The third-order valence-electron chi connectivity index (χ3n) is 4.62. The smallest absolute Gasteiger partial charge is 0.350 e. The molecule has 4 aromatic heterocycles. The highest BCUT2D eigenvalue weighted by Crippen LogP contribution is 2.31. The average Bonchev–Trinajstić information content (AvgIpc) is 3.48. The topological polar surface area (TPSA) is 87.2 Å². The summed E-state index contributed by atoms with van der Waals surface area (Å²) in [6.07, 6.45) is 0. The number of thiophene rings is 1. The third-order valence-corrected chi connectivity index (χ3v) is 6.80. The van der Waals surface area contributed by atoms with Gasteiger partial charge in [0.2, 0.25) is 5.78 Å². The Morgan fingerprint density at radius 3 is 2.67 bits per heavy atom. The van der Waals surface area contributed by atoms with Crippen molar-refractivity contribution < 1.29 is 18.8 Å². The summed E-state index contributed by atoms with van der Waals surface area (Å²) in [5.41, 5.74) is 2.65. The van der Waals surface area contributed by atoms with Crippen molar-refractivity contribution in [3.63, 3.8) is 0 Å². The Morgan fingerprint density at radius 1 is 1.20 bits per heavy atom. The lowest BCUT2D eigenvalue weighted by molar-refractivity contribution is 0.0478. The lowest BCUT2D eigenvalue weighted by Crippen LogP contribution is -2.15. The van der Waals surface area contributed by atoms with Gasteiger partial charge in [0.1, 0.15) is 15.6 Å². The maximum absolute atomic E-state index is 12.7. The van der Waals surface area contributed by atoms with Crippen LogP contribution in [0.25, 0.3) is 15.7 Å². The molecule has 4 rings (SSSR count). The van der Waals surface area contributed by atoms with Crippen LogP contribution in [-0.4, -0.2) is 33.1 Å². The van der Waals surface area contributed by atoms with Crippen molar-refractivity contribution in [2.45, 2.75) is 27.7 Å². The van der Waals surface area contributed by atoms with Crippen molar-refractivity contribution >= 4 is 34.4 Å². The standard InChI is InChI=1S/C21H19N3O4S2/c1-11-8-15(14(4)24(11)18-9-12(2)28-23-18)16(25)10-27-21(26)19-13(3)22-20(30-19)17-6-5-7-29-17/h5-9H,10H2,1-4H3. The maximum Gasteiger partial charge on any atom is 0.350 e. The number of rotatable bonds is 6. The number of carbonyl (C=O) groups is 2. The van der Waals surface area contributed by atoms with Gasteiger partial charge in [0.05, 0.1) is 10.6 Å². The molecular formula is C21H19N3O4S2. The van der Waals surface area contributed by atoms with E-state index >= 15 is 0 Å². The van der Waals surface area contributed by atoms with Crippen LogP contribution in [-0.2, 0) is 4.74 Å². The molecule has 0 atom stereocenters. The van der Waals surface area contributed by atoms with Crippen molar-refractivity contribution in [3.8, 4) is 15.7 Å². The first-order chi connectivity index (χ1) is 14.3. The maximum atomic E-state index is 12.7. The molecule has 0 aromatic carbocycles. The monoisotopic (exact) mass is 441 g/mol. The van der Waals surface area contributed by atoms with Crippen molar-refractivity contribution in [3.05, 3.63) is 62.9 Å². The van der Waals surface area contributed by atoms with Crippen molar-refractivity contribution in [2.24, 2.45) is 0 Å². The summed E-state index contributed by atoms with van der Waals surface area (Å²) in [7, 11) is 0. The van der Waals surface area contributed by atoms with Crippen LogP contribution < -0.4 is 0 Å². The number of thiazole rings is 1. The van der Waals surface area contributed by atoms with Crippen LogP contribution in [0.2, 0.25) is 0 Å². The zero-order valence-electron chi connectivity index (χ0n) is 16.9. The van der Waals surface area contributed by atoms with Crippen LogP contribution in [0.5, 0.6) is 0 Å². The fraction of sp³-hybridized carbons (Fsp3) is 0.238. The minimum absolute atomic E-state index is 0.274. The van der Waals surface area contributed by atoms with E-state index in [0.717, 1.165) is 21.3 Å². The van der Waals surface area contributed by atoms with Gasteiger partial charge >= 0.3 is 5.97 Å². The Balaban J connectivity index is 1.48. The molecule has 0 spiro atoms. The fourth-order valence-corrected chi connectivity index (χ4v) is 4.98. The molecule has 0 fully saturated rings. The minimum Gasteiger partial charge on any atom is -0.453 e. The van der Waals surface area contributed by atoms with Gasteiger partial charge in [0.25, 0.3) is 0 Å². The van der Waals surface area contributed by atoms with Crippen LogP contribution in [0.4, 0.5) is 0 Å². The van der Waals surface area contributed by atoms with Gasteiger partial charge in [0.15, 0.2) is 12.4 Å². The Labute approximate surface area is 180 Å². The summed E-state index contributed by atoms with van der Waals surface area (Å²) in [5.74, 6) is 0.478. The molecular weight excluding hydrogens is 422 g/mol. The van der Waals surface area contributed by atoms with Crippen molar-refractivity contribution in [1.82, 2.24) is 14.7 Å². The quantitative estimate of drug-likeness (QED) is 0.312. The van der Waals surface area contributed by atoms with Gasteiger partial charge in [-0.25, -0.2) is 9.78 Å². The summed E-state index contributed by atoms with van der Waals surface area (Å²) < 4.78 is 12.3. The molecule has 0 aliphatic heterocycles. The molecule has 30 heavy (non-hydrogen) atoms. The van der Waals surface area contributed by atoms with Gasteiger partial charge in [-0.1, -0.05) is 11.2 Å². The van der Waals surface area contributed by atoms with Crippen LogP contribution in [0, 0.1) is 27.7 Å². The summed E-state index contributed by atoms with van der Waals surface area (Å²) in [6, 6.07) is 7.45. The summed E-state index contributed by atoms with van der Waals surface area (Å²) in [5, 5.41) is 6.74. The molecule has 0 unspecified atom stereocenters. The van der Waals surface area contributed by atoms with Gasteiger partial charge in [-0.05, 0) is 45.2 Å². The van der Waals surface area contributed by atoms with E-state index in [2.05, 4.69) is 10.1 Å². The third kappa shape index (κ3) is 3.73. The Hall–Kier alpha value is -3.04. The number of ketones is 1. The molecule has 154 valence electrons. The molecule has 0 amide bonds. The van der Waals surface area contributed by atoms with Crippen molar-refractivity contribution in [2.75, 3.05) is 6.61 Å². The Kier molecular flexibility index (Phi) is 5.40. The molecule has 4 heterocycles. The number of Topliss-reactive ketones (excluding diaryl/α,β-unsaturated/α-hetero) is 1. The average molecular weight is 442 g/mol. The molecule has 4 aromatic rings. The molecule has 9 heteroatoms. The van der Waals surface area contributed by atoms with E-state index in [1.807, 2.05) is 42.9 Å². The normalized spacial score (nSPS) is 11.1. The van der Waals surface area contributed by atoms with Gasteiger partial charge in [-0.3, -0.25) is 9.36 Å². The van der Waals surface area contributed by atoms with Crippen LogP contribution in [0.1, 0.15) is 42.9 Å². The number of carbonyl (C=O) groups excluding carboxylic acids is 2. The van der Waals surface area contributed by atoms with Gasteiger partial charge in [-0.2, -0.15) is 0 Å². The van der Waals surface area contributed by atoms with E-state index in [1.165, 1.54) is 11.3 Å². The Bertz CT molecular complexity index is 1230. The van der Waals surface area contributed by atoms with Crippen LogP contribution >= 0.6 is 22.7 Å². The molecule has 0 aliphatic rings. The Morgan fingerprint density at radius 2 is 2.00 bits per heavy atom. The molecule has 0 saturated carbocycles. The zero-order valence-corrected chi connectivity index (χ0v) is 18.5. The molecule has 0 bridgehead atoms. The largest absolute Gasteiger partial charge is 0.453 e. The molecule has 0 radical (unpaired) electrons. The molecule has 0 aliphatic carbocycles. The van der Waals surface area contributed by atoms with E-state index in [4.69, 9.17) is 9.26 Å². The summed E-state index contributed by atoms with van der Waals surface area (Å²) >= 11 is 2.83. The highest BCUT2D eigenvalue weighted by atomic mass is 32.1. The second-order valence-electron chi connectivity index (χ2n) is 6.83. The molecule has 7 nitrogen and oxygen atoms in total. The van der Waals surface area contributed by atoms with Crippen molar-refractivity contribution in [1.29, 1.82) is 0 Å². The number of hydrogen-bond donors (Lipinski definition) is 0.